The molecule has 0 spiro atoms. The van der Waals surface area contributed by atoms with Crippen LogP contribution in [0.3, 0.4) is 0 Å². The lowest BCUT2D eigenvalue weighted by Gasteiger charge is -2.24. The van der Waals surface area contributed by atoms with E-state index >= 15 is 0 Å². The van der Waals surface area contributed by atoms with E-state index in [0.717, 1.165) is 75.8 Å². The van der Waals surface area contributed by atoms with Gasteiger partial charge in [-0.3, -0.25) is 4.79 Å². The van der Waals surface area contributed by atoms with E-state index in [1.54, 1.807) is 0 Å². The lowest BCUT2D eigenvalue weighted by molar-refractivity contribution is -0.139. The Hall–Kier alpha value is -1.38. The minimum Gasteiger partial charge on any atom is -0.480 e. The number of carboxylic acids is 1. The lowest BCUT2D eigenvalue weighted by Crippen LogP contribution is -2.45. The molecule has 0 aromatic carbocycles. The number of unbranched alkanes of at least 4 members (excludes halogenated alkanes) is 4. The average Bonchev–Trinajstić information content (AvgIpc) is 2.78. The number of hydrogen-bond donors (Lipinski definition) is 3. The third kappa shape index (κ3) is 8.19. The first-order valence-corrected chi connectivity index (χ1v) is 13.5. The van der Waals surface area contributed by atoms with Gasteiger partial charge < -0.3 is 10.4 Å². The maximum atomic E-state index is 12.5. The molecule has 1 aromatic heterocycles. The highest BCUT2D eigenvalue weighted by Crippen LogP contribution is 2.24. The van der Waals surface area contributed by atoms with Crippen LogP contribution in [0, 0.1) is 0 Å². The Kier molecular flexibility index (Phi) is 11.2. The van der Waals surface area contributed by atoms with Crippen LogP contribution in [-0.2, 0) is 27.7 Å². The number of carboxylic acid groups (broad SMARTS) is 1. The highest BCUT2D eigenvalue weighted by Gasteiger charge is 2.31. The van der Waals surface area contributed by atoms with Gasteiger partial charge in [-0.25, -0.2) is 18.1 Å². The van der Waals surface area contributed by atoms with Crippen LogP contribution in [0.15, 0.2) is 12.1 Å². The second-order valence-corrected chi connectivity index (χ2v) is 11.0. The van der Waals surface area contributed by atoms with Crippen molar-refractivity contribution in [3.05, 3.63) is 23.4 Å². The molecule has 7 nitrogen and oxygen atoms in total. The molecule has 182 valence electrons. The van der Waals surface area contributed by atoms with Crippen LogP contribution in [0.2, 0.25) is 0 Å². The topological polar surface area (TPSA) is 108 Å². The summed E-state index contributed by atoms with van der Waals surface area (Å²) >= 11 is 0. The Balaban J connectivity index is 0.00000363. The van der Waals surface area contributed by atoms with E-state index in [-0.39, 0.29) is 12.4 Å². The zero-order valence-corrected chi connectivity index (χ0v) is 20.5. The van der Waals surface area contributed by atoms with Crippen LogP contribution in [0.5, 0.6) is 0 Å². The highest BCUT2D eigenvalue weighted by molar-refractivity contribution is 7.90. The molecular formula is C23H38ClN3O4S. The summed E-state index contributed by atoms with van der Waals surface area (Å²) in [4.78, 5) is 16.3. The molecule has 1 fully saturated rings. The normalized spacial score (nSPS) is 17.6. The summed E-state index contributed by atoms with van der Waals surface area (Å²) < 4.78 is 27.5. The van der Waals surface area contributed by atoms with Gasteiger partial charge in [-0.15, -0.1) is 12.4 Å². The van der Waals surface area contributed by atoms with E-state index in [9.17, 15) is 18.3 Å². The van der Waals surface area contributed by atoms with E-state index in [2.05, 4.69) is 22.2 Å². The molecular weight excluding hydrogens is 450 g/mol. The van der Waals surface area contributed by atoms with E-state index in [1.807, 2.05) is 0 Å². The molecule has 1 aliphatic carbocycles. The molecule has 0 saturated heterocycles. The van der Waals surface area contributed by atoms with E-state index < -0.39 is 27.3 Å². The molecule has 1 atom stereocenters. The fourth-order valence-electron chi connectivity index (χ4n) is 4.60. The van der Waals surface area contributed by atoms with Crippen LogP contribution in [0.4, 0.5) is 5.82 Å². The van der Waals surface area contributed by atoms with Crippen molar-refractivity contribution in [2.75, 3.05) is 11.9 Å². The first-order chi connectivity index (χ1) is 15.0. The molecule has 0 bridgehead atoms. The summed E-state index contributed by atoms with van der Waals surface area (Å²) in [7, 11) is -3.56. The predicted molar refractivity (Wildman–Crippen MR) is 130 cm³/mol. The van der Waals surface area contributed by atoms with Gasteiger partial charge in [0.1, 0.15) is 11.9 Å². The lowest BCUT2D eigenvalue weighted by atomic mass is 10.0. The van der Waals surface area contributed by atoms with Gasteiger partial charge >= 0.3 is 5.97 Å². The minimum atomic E-state index is -3.56. The van der Waals surface area contributed by atoms with Crippen LogP contribution in [-0.4, -0.2) is 42.3 Å². The first kappa shape index (κ1) is 26.9. The van der Waals surface area contributed by atoms with Gasteiger partial charge in [0.05, 0.1) is 5.25 Å². The van der Waals surface area contributed by atoms with E-state index in [4.69, 9.17) is 4.98 Å². The summed E-state index contributed by atoms with van der Waals surface area (Å²) in [6.07, 6.45) is 12.5. The third-order valence-corrected chi connectivity index (χ3v) is 8.44. The number of rotatable bonds is 12. The second kappa shape index (κ2) is 13.4. The molecule has 2 aliphatic rings. The summed E-state index contributed by atoms with van der Waals surface area (Å²) in [6, 6.07) is 3.30. The Morgan fingerprint density at radius 3 is 2.56 bits per heavy atom. The number of aryl methyl sites for hydroxylation is 2. The standard InChI is InChI=1S/C23H37N3O4S.ClH/c27-23(28)21(26-31(29,30)20-12-6-4-7-13-20)14-8-3-1-2-5-11-19-16-15-18-10-9-17-24-22(18)25-19;/h15-16,20-21,26H,1-14,17H2,(H,24,25)(H,27,28);1H. The number of nitrogens with zero attached hydrogens (tertiary/aromatic N) is 1. The quantitative estimate of drug-likeness (QED) is 0.376. The fourth-order valence-corrected chi connectivity index (χ4v) is 6.36. The molecule has 2 heterocycles. The number of pyridine rings is 1. The number of fused-ring (bicyclic) bond motifs is 1. The number of sulfonamides is 1. The molecule has 9 heteroatoms. The van der Waals surface area contributed by atoms with Crippen LogP contribution >= 0.6 is 12.4 Å². The average molecular weight is 488 g/mol. The smallest absolute Gasteiger partial charge is 0.321 e. The zero-order valence-electron chi connectivity index (χ0n) is 18.9. The summed E-state index contributed by atoms with van der Waals surface area (Å²) in [5.41, 5.74) is 2.43. The Morgan fingerprint density at radius 1 is 1.09 bits per heavy atom. The molecule has 1 aliphatic heterocycles. The monoisotopic (exact) mass is 487 g/mol. The third-order valence-electron chi connectivity index (χ3n) is 6.47. The van der Waals surface area contributed by atoms with Gasteiger partial charge in [-0.05, 0) is 56.6 Å². The Morgan fingerprint density at radius 2 is 1.81 bits per heavy atom. The van der Waals surface area contributed by atoms with Crippen LogP contribution < -0.4 is 10.0 Å². The van der Waals surface area contributed by atoms with Crippen molar-refractivity contribution in [3.8, 4) is 0 Å². The van der Waals surface area contributed by atoms with Crippen LogP contribution in [0.25, 0.3) is 0 Å². The van der Waals surface area contributed by atoms with Crippen molar-refractivity contribution in [2.24, 2.45) is 0 Å². The van der Waals surface area contributed by atoms with E-state index in [1.165, 1.54) is 12.0 Å². The molecule has 0 radical (unpaired) electrons. The van der Waals surface area contributed by atoms with Crippen molar-refractivity contribution in [2.45, 2.75) is 101 Å². The molecule has 0 amide bonds. The summed E-state index contributed by atoms with van der Waals surface area (Å²) in [5.74, 6) is -0.0365. The van der Waals surface area contributed by atoms with Crippen molar-refractivity contribution in [3.63, 3.8) is 0 Å². The number of aromatic nitrogens is 1. The maximum Gasteiger partial charge on any atom is 0.321 e. The van der Waals surface area contributed by atoms with Gasteiger partial charge in [0.2, 0.25) is 10.0 Å². The molecule has 1 saturated carbocycles. The summed E-state index contributed by atoms with van der Waals surface area (Å²) in [5, 5.41) is 12.4. The minimum absolute atomic E-state index is 0. The number of nitrogens with one attached hydrogen (secondary N) is 2. The highest BCUT2D eigenvalue weighted by atomic mass is 35.5. The van der Waals surface area contributed by atoms with Crippen molar-refractivity contribution < 1.29 is 18.3 Å². The molecule has 3 rings (SSSR count). The van der Waals surface area contributed by atoms with E-state index in [0.29, 0.717) is 25.7 Å². The molecule has 1 aromatic rings. The fraction of sp³-hybridized carbons (Fsp3) is 0.739. The number of hydrogen-bond acceptors (Lipinski definition) is 5. The second-order valence-electron chi connectivity index (χ2n) is 8.96. The first-order valence-electron chi connectivity index (χ1n) is 11.9. The molecule has 32 heavy (non-hydrogen) atoms. The number of halogens is 1. The number of aliphatic carboxylic acids is 1. The van der Waals surface area contributed by atoms with Gasteiger partial charge in [-0.1, -0.05) is 51.0 Å². The predicted octanol–water partition coefficient (Wildman–Crippen LogP) is 4.45. The van der Waals surface area contributed by atoms with Crippen molar-refractivity contribution >= 4 is 34.2 Å². The van der Waals surface area contributed by atoms with Crippen molar-refractivity contribution in [1.82, 2.24) is 9.71 Å². The molecule has 3 N–H and O–H groups in total. The number of carbonyl (C=O) groups is 1. The van der Waals surface area contributed by atoms with Gasteiger partial charge in [0.15, 0.2) is 0 Å². The van der Waals surface area contributed by atoms with Gasteiger partial charge in [-0.2, -0.15) is 0 Å². The number of anilines is 1. The SMILES string of the molecule is Cl.O=C(O)C(CCCCCCCc1ccc2c(n1)NCCC2)NS(=O)(=O)C1CCCCC1. The van der Waals surface area contributed by atoms with Gasteiger partial charge in [0, 0.05) is 12.2 Å². The molecule has 1 unspecified atom stereocenters. The maximum absolute atomic E-state index is 12.5. The Bertz CT molecular complexity index is 829. The largest absolute Gasteiger partial charge is 0.480 e. The van der Waals surface area contributed by atoms with Crippen LogP contribution in [0.1, 0.15) is 88.3 Å². The van der Waals surface area contributed by atoms with Gasteiger partial charge in [0.25, 0.3) is 0 Å². The zero-order chi connectivity index (χ0) is 22.1. The Labute approximate surface area is 198 Å². The van der Waals surface area contributed by atoms with Crippen molar-refractivity contribution in [1.29, 1.82) is 0 Å². The summed E-state index contributed by atoms with van der Waals surface area (Å²) in [6.45, 7) is 0.998.